The summed E-state index contributed by atoms with van der Waals surface area (Å²) in [5.74, 6) is -0.285. The molecule has 2 amide bonds. The zero-order chi connectivity index (χ0) is 26.9. The lowest BCUT2D eigenvalue weighted by Crippen LogP contribution is -2.50. The standard InChI is InChI=1S/C26H36FN3O5S/c1-6-24(26(32)28-19(2)3)29(18-20-9-15-23(35-4)16-10-20)25(31)8-7-17-30(36(5,33)34)22-13-11-21(27)12-14-22/h9-16,19,24H,6-8,17-18H2,1-5H3,(H,28,32)/t24-/m1/s1. The number of halogens is 1. The van der Waals surface area contributed by atoms with E-state index in [0.29, 0.717) is 17.9 Å². The lowest BCUT2D eigenvalue weighted by Gasteiger charge is -2.31. The molecule has 0 aromatic heterocycles. The molecule has 0 radical (unpaired) electrons. The number of amides is 2. The average Bonchev–Trinajstić information content (AvgIpc) is 2.81. The highest BCUT2D eigenvalue weighted by Crippen LogP contribution is 2.21. The zero-order valence-corrected chi connectivity index (χ0v) is 22.3. The summed E-state index contributed by atoms with van der Waals surface area (Å²) in [5, 5.41) is 2.88. The van der Waals surface area contributed by atoms with Crippen LogP contribution in [0.1, 0.15) is 45.6 Å². The van der Waals surface area contributed by atoms with E-state index in [1.54, 1.807) is 24.1 Å². The predicted molar refractivity (Wildman–Crippen MR) is 139 cm³/mol. The van der Waals surface area contributed by atoms with Gasteiger partial charge in [0.25, 0.3) is 0 Å². The summed E-state index contributed by atoms with van der Waals surface area (Å²) in [5.41, 5.74) is 1.16. The molecule has 0 aliphatic heterocycles. The van der Waals surface area contributed by atoms with Crippen LogP contribution in [-0.2, 0) is 26.2 Å². The van der Waals surface area contributed by atoms with Gasteiger partial charge in [0, 0.05) is 25.6 Å². The van der Waals surface area contributed by atoms with Gasteiger partial charge in [0.15, 0.2) is 0 Å². The molecule has 0 fully saturated rings. The van der Waals surface area contributed by atoms with Gasteiger partial charge in [0.1, 0.15) is 17.6 Å². The van der Waals surface area contributed by atoms with Crippen LogP contribution < -0.4 is 14.4 Å². The van der Waals surface area contributed by atoms with Crippen LogP contribution in [0.2, 0.25) is 0 Å². The molecule has 0 bridgehead atoms. The number of benzene rings is 2. The molecule has 0 unspecified atom stereocenters. The number of carbonyl (C=O) groups is 2. The second-order valence-corrected chi connectivity index (χ2v) is 10.8. The van der Waals surface area contributed by atoms with Crippen molar-refractivity contribution in [3.63, 3.8) is 0 Å². The Morgan fingerprint density at radius 2 is 1.67 bits per heavy atom. The van der Waals surface area contributed by atoms with Gasteiger partial charge >= 0.3 is 0 Å². The number of carbonyl (C=O) groups excluding carboxylic acids is 2. The maximum atomic E-state index is 13.4. The van der Waals surface area contributed by atoms with E-state index in [-0.39, 0.29) is 43.8 Å². The molecule has 2 aromatic carbocycles. The summed E-state index contributed by atoms with van der Waals surface area (Å²) in [4.78, 5) is 27.8. The molecule has 0 saturated heterocycles. The molecule has 0 heterocycles. The molecule has 8 nitrogen and oxygen atoms in total. The molecular formula is C26H36FN3O5S. The fourth-order valence-electron chi connectivity index (χ4n) is 3.84. The van der Waals surface area contributed by atoms with Crippen LogP contribution in [0, 0.1) is 5.82 Å². The average molecular weight is 522 g/mol. The summed E-state index contributed by atoms with van der Waals surface area (Å²) in [6.45, 7) is 5.83. The maximum Gasteiger partial charge on any atom is 0.243 e. The molecule has 0 aliphatic rings. The summed E-state index contributed by atoms with van der Waals surface area (Å²) < 4.78 is 44.3. The molecule has 36 heavy (non-hydrogen) atoms. The van der Waals surface area contributed by atoms with E-state index in [0.717, 1.165) is 16.1 Å². The van der Waals surface area contributed by atoms with Crippen LogP contribution in [0.4, 0.5) is 10.1 Å². The van der Waals surface area contributed by atoms with E-state index < -0.39 is 21.9 Å². The highest BCUT2D eigenvalue weighted by molar-refractivity contribution is 7.92. The summed E-state index contributed by atoms with van der Waals surface area (Å²) in [7, 11) is -2.07. The second kappa shape index (κ2) is 13.2. The topological polar surface area (TPSA) is 96.0 Å². The fourth-order valence-corrected chi connectivity index (χ4v) is 4.80. The third-order valence-electron chi connectivity index (χ3n) is 5.60. The number of nitrogens with one attached hydrogen (secondary N) is 1. The van der Waals surface area contributed by atoms with Gasteiger partial charge < -0.3 is 15.0 Å². The third-order valence-corrected chi connectivity index (χ3v) is 6.79. The number of hydrogen-bond donors (Lipinski definition) is 1. The molecule has 10 heteroatoms. The molecule has 2 rings (SSSR count). The minimum absolute atomic E-state index is 0.0365. The Morgan fingerprint density at radius 1 is 1.06 bits per heavy atom. The van der Waals surface area contributed by atoms with E-state index in [1.807, 2.05) is 32.9 Å². The number of nitrogens with zero attached hydrogens (tertiary/aromatic N) is 2. The van der Waals surface area contributed by atoms with E-state index in [1.165, 1.54) is 24.3 Å². The van der Waals surface area contributed by atoms with Gasteiger partial charge in [0.2, 0.25) is 21.8 Å². The van der Waals surface area contributed by atoms with E-state index >= 15 is 0 Å². The molecule has 0 saturated carbocycles. The summed E-state index contributed by atoms with van der Waals surface area (Å²) in [6.07, 6.45) is 1.75. The molecule has 0 aliphatic carbocycles. The van der Waals surface area contributed by atoms with Crippen molar-refractivity contribution in [1.82, 2.24) is 10.2 Å². The third kappa shape index (κ3) is 8.51. The molecule has 198 valence electrons. The minimum Gasteiger partial charge on any atom is -0.497 e. The number of anilines is 1. The van der Waals surface area contributed by atoms with E-state index in [2.05, 4.69) is 5.32 Å². The predicted octanol–water partition coefficient (Wildman–Crippen LogP) is 3.71. The lowest BCUT2D eigenvalue weighted by molar-refractivity contribution is -0.141. The van der Waals surface area contributed by atoms with Gasteiger partial charge in [-0.1, -0.05) is 19.1 Å². The van der Waals surface area contributed by atoms with Crippen LogP contribution in [0.25, 0.3) is 0 Å². The first-order chi connectivity index (χ1) is 17.0. The lowest BCUT2D eigenvalue weighted by atomic mass is 10.1. The van der Waals surface area contributed by atoms with E-state index in [4.69, 9.17) is 4.74 Å². The Hall–Kier alpha value is -3.14. The Labute approximate surface area is 213 Å². The summed E-state index contributed by atoms with van der Waals surface area (Å²) >= 11 is 0. The largest absolute Gasteiger partial charge is 0.497 e. The van der Waals surface area contributed by atoms with Crippen LogP contribution >= 0.6 is 0 Å². The van der Waals surface area contributed by atoms with Crippen LogP contribution in [0.15, 0.2) is 48.5 Å². The monoisotopic (exact) mass is 521 g/mol. The Morgan fingerprint density at radius 3 is 2.17 bits per heavy atom. The minimum atomic E-state index is -3.64. The van der Waals surface area contributed by atoms with Gasteiger partial charge in [-0.3, -0.25) is 13.9 Å². The van der Waals surface area contributed by atoms with Gasteiger partial charge in [0.05, 0.1) is 19.1 Å². The summed E-state index contributed by atoms with van der Waals surface area (Å²) in [6, 6.07) is 11.7. The van der Waals surface area contributed by atoms with Gasteiger partial charge in [-0.25, -0.2) is 12.8 Å². The first kappa shape index (κ1) is 29.1. The number of sulfonamides is 1. The van der Waals surface area contributed by atoms with Crippen LogP contribution in [0.3, 0.4) is 0 Å². The molecule has 2 aromatic rings. The van der Waals surface area contributed by atoms with Crippen LogP contribution in [-0.4, -0.2) is 57.1 Å². The Bertz CT molecular complexity index is 1110. The number of ether oxygens (including phenoxy) is 1. The number of hydrogen-bond acceptors (Lipinski definition) is 5. The Kier molecular flexibility index (Phi) is 10.7. The van der Waals surface area contributed by atoms with Crippen molar-refractivity contribution < 1.29 is 27.1 Å². The molecular weight excluding hydrogens is 485 g/mol. The van der Waals surface area contributed by atoms with Gasteiger partial charge in [-0.05, 0) is 68.7 Å². The molecule has 0 spiro atoms. The van der Waals surface area contributed by atoms with Gasteiger partial charge in [-0.2, -0.15) is 0 Å². The van der Waals surface area contributed by atoms with Crippen molar-refractivity contribution in [3.05, 3.63) is 59.9 Å². The van der Waals surface area contributed by atoms with E-state index in [9.17, 15) is 22.4 Å². The van der Waals surface area contributed by atoms with Crippen molar-refractivity contribution in [2.45, 2.75) is 58.7 Å². The first-order valence-corrected chi connectivity index (χ1v) is 13.8. The van der Waals surface area contributed by atoms with Crippen molar-refractivity contribution >= 4 is 27.5 Å². The maximum absolute atomic E-state index is 13.4. The number of methoxy groups -OCH3 is 1. The van der Waals surface area contributed by atoms with Crippen molar-refractivity contribution in [2.24, 2.45) is 0 Å². The smallest absolute Gasteiger partial charge is 0.243 e. The highest BCUT2D eigenvalue weighted by Gasteiger charge is 2.29. The quantitative estimate of drug-likeness (QED) is 0.434. The van der Waals surface area contributed by atoms with Gasteiger partial charge in [-0.15, -0.1) is 0 Å². The normalized spacial score (nSPS) is 12.2. The van der Waals surface area contributed by atoms with Crippen molar-refractivity contribution in [1.29, 1.82) is 0 Å². The second-order valence-electron chi connectivity index (χ2n) is 8.87. The number of rotatable bonds is 13. The SMILES string of the molecule is CC[C@H](C(=O)NC(C)C)N(Cc1ccc(OC)cc1)C(=O)CCCN(c1ccc(F)cc1)S(C)(=O)=O. The molecule has 1 N–H and O–H groups in total. The highest BCUT2D eigenvalue weighted by atomic mass is 32.2. The van der Waals surface area contributed by atoms with Crippen LogP contribution in [0.5, 0.6) is 5.75 Å². The first-order valence-electron chi connectivity index (χ1n) is 11.9. The van der Waals surface area contributed by atoms with Crippen molar-refractivity contribution in [3.8, 4) is 5.75 Å². The molecule has 1 atom stereocenters. The fraction of sp³-hybridized carbons (Fsp3) is 0.462. The zero-order valence-electron chi connectivity index (χ0n) is 21.5. The van der Waals surface area contributed by atoms with Crippen molar-refractivity contribution in [2.75, 3.05) is 24.2 Å². The Balaban J connectivity index is 2.21.